The van der Waals surface area contributed by atoms with Crippen molar-refractivity contribution >= 4 is 7.82 Å². The number of likely N-dealkylation sites (N-methyl/N-ethyl adjacent to an activating group) is 1. The highest BCUT2D eigenvalue weighted by molar-refractivity contribution is 7.47. The molecule has 0 aromatic heterocycles. The second-order valence-electron chi connectivity index (χ2n) is 5.59. The van der Waals surface area contributed by atoms with Crippen molar-refractivity contribution in [1.29, 1.82) is 0 Å². The molecule has 0 spiro atoms. The Morgan fingerprint density at radius 2 is 1.89 bits per heavy atom. The van der Waals surface area contributed by atoms with Crippen molar-refractivity contribution in [3.8, 4) is 0 Å². The first-order valence-corrected chi connectivity index (χ1v) is 7.84. The number of phosphoric ester groups is 1. The first-order valence-electron chi connectivity index (χ1n) is 6.34. The molecule has 0 aliphatic carbocycles. The van der Waals surface area contributed by atoms with Gasteiger partial charge in [0, 0.05) is 0 Å². The van der Waals surface area contributed by atoms with E-state index in [9.17, 15) is 9.46 Å². The van der Waals surface area contributed by atoms with Gasteiger partial charge in [0.15, 0.2) is 0 Å². The highest BCUT2D eigenvalue weighted by Gasteiger charge is 2.30. The van der Waals surface area contributed by atoms with Crippen LogP contribution in [0.1, 0.15) is 19.8 Å². The Hall–Kier alpha value is -0.0100. The molecular weight excluding hydrogens is 273 g/mol. The van der Waals surface area contributed by atoms with Crippen molar-refractivity contribution in [1.82, 2.24) is 0 Å². The number of hydrogen-bond acceptors (Lipinski definition) is 5. The van der Waals surface area contributed by atoms with Gasteiger partial charge in [-0.1, -0.05) is 13.3 Å². The molecule has 0 heterocycles. The van der Waals surface area contributed by atoms with Gasteiger partial charge in [0.1, 0.15) is 18.8 Å². The molecule has 0 aromatic carbocycles. The average Bonchev–Trinajstić information content (AvgIpc) is 2.23. The molecule has 8 heteroatoms. The van der Waals surface area contributed by atoms with Gasteiger partial charge in [-0.15, -0.1) is 0 Å². The van der Waals surface area contributed by atoms with Gasteiger partial charge < -0.3 is 19.6 Å². The van der Waals surface area contributed by atoms with Crippen LogP contribution >= 0.6 is 7.82 Å². The first kappa shape index (κ1) is 19.0. The van der Waals surface area contributed by atoms with E-state index >= 15 is 0 Å². The monoisotopic (exact) mass is 300 g/mol. The molecular formula is C11H27NO6P+. The Balaban J connectivity index is 4.42. The Morgan fingerprint density at radius 1 is 1.32 bits per heavy atom. The van der Waals surface area contributed by atoms with Crippen molar-refractivity contribution in [2.24, 2.45) is 0 Å². The summed E-state index contributed by atoms with van der Waals surface area (Å²) in [4.78, 5) is 9.56. The smallest absolute Gasteiger partial charge is 0.394 e. The zero-order valence-electron chi connectivity index (χ0n) is 12.2. The Bertz CT molecular complexity index is 293. The third-order valence-corrected chi connectivity index (χ3v) is 3.33. The molecule has 0 fully saturated rings. The van der Waals surface area contributed by atoms with Crippen LogP contribution in [0.4, 0.5) is 0 Å². The molecule has 0 aliphatic heterocycles. The molecule has 0 saturated heterocycles. The first-order chi connectivity index (χ1) is 8.59. The quantitative estimate of drug-likeness (QED) is 0.398. The summed E-state index contributed by atoms with van der Waals surface area (Å²) in [6, 6.07) is 0. The zero-order valence-corrected chi connectivity index (χ0v) is 13.0. The minimum atomic E-state index is -4.21. The number of aliphatic hydroxyl groups is 2. The number of nitrogens with zero attached hydrogens (tertiary/aromatic N) is 1. The van der Waals surface area contributed by atoms with Crippen LogP contribution in [0.15, 0.2) is 0 Å². The maximum absolute atomic E-state index is 11.7. The van der Waals surface area contributed by atoms with Gasteiger partial charge in [-0.05, 0) is 6.42 Å². The van der Waals surface area contributed by atoms with Crippen molar-refractivity contribution in [3.05, 3.63) is 0 Å². The van der Waals surface area contributed by atoms with Crippen LogP contribution in [0.2, 0.25) is 0 Å². The van der Waals surface area contributed by atoms with Gasteiger partial charge in [0.25, 0.3) is 0 Å². The minimum absolute atomic E-state index is 0.396. The summed E-state index contributed by atoms with van der Waals surface area (Å²) in [5, 5.41) is 17.7. The van der Waals surface area contributed by atoms with Gasteiger partial charge in [0.2, 0.25) is 0 Å². The van der Waals surface area contributed by atoms with E-state index in [1.165, 1.54) is 0 Å². The molecule has 0 aliphatic rings. The van der Waals surface area contributed by atoms with Gasteiger partial charge >= 0.3 is 7.82 Å². The second kappa shape index (κ2) is 8.32. The lowest BCUT2D eigenvalue weighted by atomic mass is 10.2. The maximum Gasteiger partial charge on any atom is 0.472 e. The van der Waals surface area contributed by atoms with E-state index in [4.69, 9.17) is 14.7 Å². The molecule has 3 N–H and O–H groups in total. The third-order valence-electron chi connectivity index (χ3n) is 2.29. The molecule has 0 saturated carbocycles. The standard InChI is InChI=1S/C11H26NO6P/c1-5-6-11(7-12(2,3)4)18-19(15,16)17-9-10(14)8-13/h10-11,13-14H,5-9H2,1-4H3/p+1/t10-,11?/m1/s1. The summed E-state index contributed by atoms with van der Waals surface area (Å²) in [5.41, 5.74) is 0. The normalized spacial score (nSPS) is 18.9. The summed E-state index contributed by atoms with van der Waals surface area (Å²) in [5.74, 6) is 0. The molecule has 0 bridgehead atoms. The van der Waals surface area contributed by atoms with E-state index in [0.717, 1.165) is 6.42 Å². The van der Waals surface area contributed by atoms with Crippen LogP contribution in [0.3, 0.4) is 0 Å². The Labute approximate surface area is 115 Å². The second-order valence-corrected chi connectivity index (χ2v) is 7.00. The fourth-order valence-corrected chi connectivity index (χ4v) is 2.53. The fourth-order valence-electron chi connectivity index (χ4n) is 1.56. The molecule has 0 aromatic rings. The van der Waals surface area contributed by atoms with E-state index in [1.54, 1.807) is 0 Å². The highest BCUT2D eigenvalue weighted by atomic mass is 31.2. The minimum Gasteiger partial charge on any atom is -0.394 e. The Kier molecular flexibility index (Phi) is 8.31. The number of phosphoric acid groups is 1. The van der Waals surface area contributed by atoms with Crippen LogP contribution in [0.5, 0.6) is 0 Å². The van der Waals surface area contributed by atoms with Gasteiger partial charge in [-0.25, -0.2) is 4.57 Å². The van der Waals surface area contributed by atoms with E-state index < -0.39 is 33.2 Å². The number of hydrogen-bond donors (Lipinski definition) is 3. The third kappa shape index (κ3) is 10.4. The summed E-state index contributed by atoms with van der Waals surface area (Å²) in [7, 11) is 1.68. The molecule has 3 atom stereocenters. The van der Waals surface area contributed by atoms with Crippen molar-refractivity contribution in [3.63, 3.8) is 0 Å². The van der Waals surface area contributed by atoms with Crippen molar-refractivity contribution in [2.75, 3.05) is 40.9 Å². The molecule has 116 valence electrons. The van der Waals surface area contributed by atoms with Crippen LogP contribution in [0, 0.1) is 0 Å². The van der Waals surface area contributed by atoms with Crippen LogP contribution < -0.4 is 0 Å². The van der Waals surface area contributed by atoms with E-state index in [1.807, 2.05) is 28.1 Å². The molecule has 0 rings (SSSR count). The summed E-state index contributed by atoms with van der Waals surface area (Å²) in [6.07, 6.45) is -0.116. The summed E-state index contributed by atoms with van der Waals surface area (Å²) < 4.78 is 22.1. The van der Waals surface area contributed by atoms with Crippen molar-refractivity contribution in [2.45, 2.75) is 32.0 Å². The van der Waals surface area contributed by atoms with Crippen molar-refractivity contribution < 1.29 is 33.2 Å². The topological polar surface area (TPSA) is 96.2 Å². The predicted molar refractivity (Wildman–Crippen MR) is 71.6 cm³/mol. The van der Waals surface area contributed by atoms with Crippen LogP contribution in [-0.4, -0.2) is 72.7 Å². The molecule has 0 amide bonds. The fraction of sp³-hybridized carbons (Fsp3) is 1.00. The van der Waals surface area contributed by atoms with E-state index in [0.29, 0.717) is 17.4 Å². The lowest BCUT2D eigenvalue weighted by Gasteiger charge is -2.29. The van der Waals surface area contributed by atoms with E-state index in [-0.39, 0.29) is 0 Å². The van der Waals surface area contributed by atoms with Gasteiger partial charge in [-0.2, -0.15) is 0 Å². The molecule has 2 unspecified atom stereocenters. The molecule has 0 radical (unpaired) electrons. The Morgan fingerprint density at radius 3 is 2.32 bits per heavy atom. The number of quaternary nitrogens is 1. The molecule has 7 nitrogen and oxygen atoms in total. The SMILES string of the molecule is CCCC(C[N+](C)(C)C)OP(=O)(O)OC[C@H](O)CO. The maximum atomic E-state index is 11.7. The number of aliphatic hydroxyl groups excluding tert-OH is 2. The summed E-state index contributed by atoms with van der Waals surface area (Å²) >= 11 is 0. The average molecular weight is 300 g/mol. The van der Waals surface area contributed by atoms with Crippen LogP contribution in [0.25, 0.3) is 0 Å². The van der Waals surface area contributed by atoms with Gasteiger partial charge in [-0.3, -0.25) is 9.05 Å². The summed E-state index contributed by atoms with van der Waals surface area (Å²) in [6.45, 7) is 1.57. The lowest BCUT2D eigenvalue weighted by molar-refractivity contribution is -0.873. The van der Waals surface area contributed by atoms with E-state index in [2.05, 4.69) is 4.52 Å². The lowest BCUT2D eigenvalue weighted by Crippen LogP contribution is -2.42. The molecule has 19 heavy (non-hydrogen) atoms. The van der Waals surface area contributed by atoms with Gasteiger partial charge in [0.05, 0.1) is 34.4 Å². The largest absolute Gasteiger partial charge is 0.472 e. The highest BCUT2D eigenvalue weighted by Crippen LogP contribution is 2.45. The zero-order chi connectivity index (χ0) is 15.1. The van der Waals surface area contributed by atoms with Crippen LogP contribution in [-0.2, 0) is 13.6 Å². The number of rotatable bonds is 10. The predicted octanol–water partition coefficient (Wildman–Crippen LogP) is 0.348.